The summed E-state index contributed by atoms with van der Waals surface area (Å²) in [4.78, 5) is 10.1. The van der Waals surface area contributed by atoms with Crippen molar-refractivity contribution in [2.75, 3.05) is 13.2 Å². The molecular weight excluding hydrogens is 200 g/mol. The van der Waals surface area contributed by atoms with Gasteiger partial charge in [0.25, 0.3) is 0 Å². The summed E-state index contributed by atoms with van der Waals surface area (Å²) in [6.45, 7) is 2.14. The molecule has 4 heteroatoms. The van der Waals surface area contributed by atoms with Gasteiger partial charge in [-0.05, 0) is 6.92 Å². The van der Waals surface area contributed by atoms with Crippen LogP contribution in [0.5, 0.6) is 0 Å². The smallest absolute Gasteiger partial charge is 0.319 e. The first kappa shape index (κ1) is 11.0. The number of carbonyl (C=O) groups excluding carboxylic acids is 1. The number of ether oxygens (including phenoxy) is 1. The molecule has 3 nitrogen and oxygen atoms in total. The molecule has 52 valence electrons. The Kier molecular flexibility index (Phi) is 9.72. The average molecular weight is 210 g/mol. The van der Waals surface area contributed by atoms with E-state index in [0.29, 0.717) is 6.61 Å². The first-order valence-electron chi connectivity index (χ1n) is 2.17. The summed E-state index contributed by atoms with van der Waals surface area (Å²) in [6, 6.07) is 0. The minimum Gasteiger partial charge on any atom is -0.465 e. The summed E-state index contributed by atoms with van der Waals surface area (Å²) < 4.78 is 4.43. The van der Waals surface area contributed by atoms with Crippen molar-refractivity contribution < 1.29 is 30.0 Å². The van der Waals surface area contributed by atoms with Crippen LogP contribution in [0.2, 0.25) is 0 Å². The Bertz CT molecular complexity index is 67.1. The van der Waals surface area contributed by atoms with Gasteiger partial charge in [0.1, 0.15) is 0 Å². The molecule has 0 saturated carbocycles. The zero-order valence-corrected chi connectivity index (χ0v) is 6.18. The Morgan fingerprint density at radius 1 is 1.75 bits per heavy atom. The van der Waals surface area contributed by atoms with Crippen molar-refractivity contribution in [2.24, 2.45) is 5.73 Å². The van der Waals surface area contributed by atoms with E-state index in [9.17, 15) is 4.79 Å². The van der Waals surface area contributed by atoms with Gasteiger partial charge in [0.15, 0.2) is 0 Å². The molecule has 0 fully saturated rings. The van der Waals surface area contributed by atoms with Gasteiger partial charge in [-0.25, -0.2) is 0 Å². The molecule has 0 aliphatic heterocycles. The van der Waals surface area contributed by atoms with Crippen LogP contribution in [0.4, 0.5) is 0 Å². The van der Waals surface area contributed by atoms with Crippen molar-refractivity contribution in [2.45, 2.75) is 6.92 Å². The number of hydrogen-bond donors (Lipinski definition) is 1. The molecular formula is C4H9NO2Pd. The zero-order valence-electron chi connectivity index (χ0n) is 4.62. The fourth-order valence-corrected chi connectivity index (χ4v) is 0.220. The summed E-state index contributed by atoms with van der Waals surface area (Å²) in [5, 5.41) is 0. The quantitative estimate of drug-likeness (QED) is 0.493. The van der Waals surface area contributed by atoms with Gasteiger partial charge in [-0.15, -0.1) is 0 Å². The maximum absolute atomic E-state index is 10.1. The van der Waals surface area contributed by atoms with E-state index in [0.717, 1.165) is 0 Å². The van der Waals surface area contributed by atoms with Crippen molar-refractivity contribution in [1.29, 1.82) is 0 Å². The topological polar surface area (TPSA) is 52.3 Å². The van der Waals surface area contributed by atoms with E-state index in [1.54, 1.807) is 6.92 Å². The van der Waals surface area contributed by atoms with Crippen LogP contribution in [0.1, 0.15) is 6.92 Å². The second kappa shape index (κ2) is 7.09. The zero-order chi connectivity index (χ0) is 5.70. The van der Waals surface area contributed by atoms with E-state index in [1.165, 1.54) is 0 Å². The molecule has 0 rings (SSSR count). The van der Waals surface area contributed by atoms with Crippen LogP contribution >= 0.6 is 0 Å². The molecule has 0 radical (unpaired) electrons. The summed E-state index contributed by atoms with van der Waals surface area (Å²) in [5.41, 5.74) is 4.88. The first-order valence-corrected chi connectivity index (χ1v) is 2.17. The number of carbonyl (C=O) groups is 1. The fourth-order valence-electron chi connectivity index (χ4n) is 0.220. The number of rotatable bonds is 2. The van der Waals surface area contributed by atoms with Gasteiger partial charge in [-0.2, -0.15) is 0 Å². The number of nitrogens with two attached hydrogens (primary N) is 1. The molecule has 0 unspecified atom stereocenters. The number of hydrogen-bond acceptors (Lipinski definition) is 3. The molecule has 0 saturated heterocycles. The monoisotopic (exact) mass is 209 g/mol. The summed E-state index contributed by atoms with van der Waals surface area (Å²) in [5.74, 6) is -0.345. The van der Waals surface area contributed by atoms with Gasteiger partial charge >= 0.3 is 5.97 Å². The molecule has 0 amide bonds. The summed E-state index contributed by atoms with van der Waals surface area (Å²) in [7, 11) is 0. The number of esters is 1. The Morgan fingerprint density at radius 2 is 2.25 bits per heavy atom. The molecule has 0 aliphatic carbocycles. The van der Waals surface area contributed by atoms with Crippen LogP contribution in [0.25, 0.3) is 0 Å². The molecule has 0 aromatic heterocycles. The summed E-state index contributed by atoms with van der Waals surface area (Å²) >= 11 is 0. The predicted molar refractivity (Wildman–Crippen MR) is 25.7 cm³/mol. The van der Waals surface area contributed by atoms with Crippen LogP contribution < -0.4 is 5.73 Å². The van der Waals surface area contributed by atoms with Crippen LogP contribution in [-0.2, 0) is 30.0 Å². The molecule has 0 bridgehead atoms. The third-order valence-electron chi connectivity index (χ3n) is 0.472. The SMILES string of the molecule is CCOC(=O)CN.[Pd]. The largest absolute Gasteiger partial charge is 0.465 e. The van der Waals surface area contributed by atoms with Crippen molar-refractivity contribution >= 4 is 5.97 Å². The molecule has 0 aromatic rings. The maximum atomic E-state index is 10.1. The van der Waals surface area contributed by atoms with Crippen molar-refractivity contribution in [1.82, 2.24) is 0 Å². The first-order chi connectivity index (χ1) is 3.31. The van der Waals surface area contributed by atoms with Gasteiger partial charge in [0, 0.05) is 20.4 Å². The fraction of sp³-hybridized carbons (Fsp3) is 0.750. The Morgan fingerprint density at radius 3 is 2.38 bits per heavy atom. The Labute approximate surface area is 62.2 Å². The average Bonchev–Trinajstić information content (AvgIpc) is 1.68. The van der Waals surface area contributed by atoms with Gasteiger partial charge in [0.2, 0.25) is 0 Å². The van der Waals surface area contributed by atoms with E-state index < -0.39 is 0 Å². The molecule has 0 atom stereocenters. The van der Waals surface area contributed by atoms with E-state index in [4.69, 9.17) is 5.73 Å². The van der Waals surface area contributed by atoms with E-state index >= 15 is 0 Å². The normalized spacial score (nSPS) is 7.25. The van der Waals surface area contributed by atoms with Gasteiger partial charge in [0.05, 0.1) is 13.2 Å². The standard InChI is InChI=1S/C4H9NO2.Pd/c1-2-7-4(6)3-5;/h2-3,5H2,1H3;. The van der Waals surface area contributed by atoms with Crippen LogP contribution in [-0.4, -0.2) is 19.1 Å². The van der Waals surface area contributed by atoms with E-state index in [2.05, 4.69) is 4.74 Å². The van der Waals surface area contributed by atoms with E-state index in [-0.39, 0.29) is 32.9 Å². The molecule has 0 heterocycles. The van der Waals surface area contributed by atoms with Crippen LogP contribution in [0.15, 0.2) is 0 Å². The second-order valence-corrected chi connectivity index (χ2v) is 1.01. The van der Waals surface area contributed by atoms with E-state index in [1.807, 2.05) is 0 Å². The second-order valence-electron chi connectivity index (χ2n) is 1.01. The van der Waals surface area contributed by atoms with Crippen molar-refractivity contribution in [3.63, 3.8) is 0 Å². The van der Waals surface area contributed by atoms with Crippen LogP contribution in [0, 0.1) is 0 Å². The molecule has 0 spiro atoms. The molecule has 8 heavy (non-hydrogen) atoms. The minimum atomic E-state index is -0.345. The Hall–Kier alpha value is 0.0923. The minimum absolute atomic E-state index is 0. The van der Waals surface area contributed by atoms with Crippen LogP contribution in [0.3, 0.4) is 0 Å². The van der Waals surface area contributed by atoms with Gasteiger partial charge in [-0.3, -0.25) is 4.79 Å². The molecule has 2 N–H and O–H groups in total. The van der Waals surface area contributed by atoms with Gasteiger partial charge < -0.3 is 10.5 Å². The van der Waals surface area contributed by atoms with Crippen molar-refractivity contribution in [3.05, 3.63) is 0 Å². The van der Waals surface area contributed by atoms with Gasteiger partial charge in [-0.1, -0.05) is 0 Å². The third kappa shape index (κ3) is 6.09. The maximum Gasteiger partial charge on any atom is 0.319 e. The Balaban J connectivity index is 0. The molecule has 0 aromatic carbocycles. The van der Waals surface area contributed by atoms with Crippen molar-refractivity contribution in [3.8, 4) is 0 Å². The third-order valence-corrected chi connectivity index (χ3v) is 0.472. The predicted octanol–water partition coefficient (Wildman–Crippen LogP) is -0.494. The molecule has 0 aliphatic rings. The summed E-state index contributed by atoms with van der Waals surface area (Å²) in [6.07, 6.45) is 0.